The number of carbonyl (C=O) groups excluding carboxylic acids is 2. The first-order valence-electron chi connectivity index (χ1n) is 10.3. The number of anilines is 1. The molecule has 12 heteroatoms. The molecule has 0 spiro atoms. The number of carbonyl (C=O) groups is 2. The Morgan fingerprint density at radius 3 is 2.50 bits per heavy atom. The Balaban J connectivity index is 1.78. The number of alkyl halides is 3. The average Bonchev–Trinajstić information content (AvgIpc) is 3.26. The average molecular weight is 479 g/mol. The van der Waals surface area contributed by atoms with E-state index in [1.165, 1.54) is 24.3 Å². The summed E-state index contributed by atoms with van der Waals surface area (Å²) >= 11 is 0. The van der Waals surface area contributed by atoms with Crippen LogP contribution in [0.4, 0.5) is 23.2 Å². The van der Waals surface area contributed by atoms with Crippen molar-refractivity contribution in [2.45, 2.75) is 19.5 Å². The minimum Gasteiger partial charge on any atom is -0.382 e. The van der Waals surface area contributed by atoms with E-state index < -0.39 is 35.2 Å². The minimum atomic E-state index is -4.98. The molecule has 0 fully saturated rings. The van der Waals surface area contributed by atoms with Gasteiger partial charge in [0.2, 0.25) is 0 Å². The van der Waals surface area contributed by atoms with Crippen LogP contribution in [0, 0.1) is 5.82 Å². The van der Waals surface area contributed by atoms with E-state index in [1.807, 2.05) is 6.92 Å². The molecule has 0 atom stereocenters. The molecule has 8 nitrogen and oxygen atoms in total. The summed E-state index contributed by atoms with van der Waals surface area (Å²) in [5.41, 5.74) is -2.21. The molecule has 1 aromatic heterocycles. The Bertz CT molecular complexity index is 1150. The molecule has 3 aromatic rings. The molecule has 0 saturated carbocycles. The molecule has 180 valence electrons. The zero-order valence-corrected chi connectivity index (χ0v) is 18.0. The highest BCUT2D eigenvalue weighted by Crippen LogP contribution is 2.33. The highest BCUT2D eigenvalue weighted by molar-refractivity contribution is 6.04. The van der Waals surface area contributed by atoms with Gasteiger partial charge in [0.15, 0.2) is 11.4 Å². The van der Waals surface area contributed by atoms with E-state index in [2.05, 4.69) is 20.9 Å². The SMILES string of the molecule is CCOCCCNC(=O)c1cccc(NC(=O)c2nnn(-c3ccc(F)cc3)c2C(F)(F)F)c1. The second-order valence-corrected chi connectivity index (χ2v) is 7.01. The molecule has 0 aliphatic rings. The van der Waals surface area contributed by atoms with Gasteiger partial charge in [-0.05, 0) is 55.8 Å². The van der Waals surface area contributed by atoms with E-state index in [-0.39, 0.29) is 16.9 Å². The van der Waals surface area contributed by atoms with Gasteiger partial charge in [-0.1, -0.05) is 11.3 Å². The van der Waals surface area contributed by atoms with Crippen LogP contribution in [0.15, 0.2) is 48.5 Å². The molecular formula is C22H21F4N5O3. The Morgan fingerprint density at radius 1 is 1.09 bits per heavy atom. The lowest BCUT2D eigenvalue weighted by Gasteiger charge is -2.12. The van der Waals surface area contributed by atoms with Crippen LogP contribution >= 0.6 is 0 Å². The molecule has 1 heterocycles. The van der Waals surface area contributed by atoms with Crippen LogP contribution in [0.1, 0.15) is 39.9 Å². The van der Waals surface area contributed by atoms with Gasteiger partial charge in [-0.25, -0.2) is 9.07 Å². The second-order valence-electron chi connectivity index (χ2n) is 7.01. The van der Waals surface area contributed by atoms with Crippen molar-refractivity contribution in [1.29, 1.82) is 0 Å². The first kappa shape index (κ1) is 24.8. The fourth-order valence-electron chi connectivity index (χ4n) is 3.00. The molecule has 0 unspecified atom stereocenters. The summed E-state index contributed by atoms with van der Waals surface area (Å²) in [7, 11) is 0. The highest BCUT2D eigenvalue weighted by atomic mass is 19.4. The first-order chi connectivity index (χ1) is 16.2. The van der Waals surface area contributed by atoms with Gasteiger partial charge in [0, 0.05) is 31.0 Å². The fraction of sp³-hybridized carbons (Fsp3) is 0.273. The van der Waals surface area contributed by atoms with Gasteiger partial charge in [-0.2, -0.15) is 13.2 Å². The van der Waals surface area contributed by atoms with Gasteiger partial charge >= 0.3 is 6.18 Å². The Kier molecular flexibility index (Phi) is 7.95. The number of amides is 2. The van der Waals surface area contributed by atoms with Crippen LogP contribution in [0.5, 0.6) is 0 Å². The zero-order chi connectivity index (χ0) is 24.7. The van der Waals surface area contributed by atoms with Crippen molar-refractivity contribution >= 4 is 17.5 Å². The molecule has 0 aliphatic heterocycles. The largest absolute Gasteiger partial charge is 0.435 e. The van der Waals surface area contributed by atoms with Crippen molar-refractivity contribution in [3.05, 3.63) is 71.3 Å². The van der Waals surface area contributed by atoms with Crippen molar-refractivity contribution < 1.29 is 31.9 Å². The molecule has 2 aromatic carbocycles. The number of aromatic nitrogens is 3. The first-order valence-corrected chi connectivity index (χ1v) is 10.3. The van der Waals surface area contributed by atoms with E-state index in [0.717, 1.165) is 24.3 Å². The van der Waals surface area contributed by atoms with E-state index in [1.54, 1.807) is 0 Å². The van der Waals surface area contributed by atoms with E-state index >= 15 is 0 Å². The van der Waals surface area contributed by atoms with Crippen LogP contribution in [-0.2, 0) is 10.9 Å². The number of halogens is 4. The van der Waals surface area contributed by atoms with Crippen LogP contribution in [0.25, 0.3) is 5.69 Å². The molecule has 0 aliphatic carbocycles. The van der Waals surface area contributed by atoms with Gasteiger partial charge in [0.25, 0.3) is 11.8 Å². The summed E-state index contributed by atoms with van der Waals surface area (Å²) < 4.78 is 60.0. The highest BCUT2D eigenvalue weighted by Gasteiger charge is 2.42. The van der Waals surface area contributed by atoms with Crippen LogP contribution in [-0.4, -0.2) is 46.6 Å². The van der Waals surface area contributed by atoms with Crippen molar-refractivity contribution in [2.24, 2.45) is 0 Å². The van der Waals surface area contributed by atoms with Gasteiger partial charge in [0.1, 0.15) is 5.82 Å². The molecule has 2 amide bonds. The number of nitrogens with zero attached hydrogens (tertiary/aromatic N) is 3. The number of nitrogens with one attached hydrogen (secondary N) is 2. The maximum Gasteiger partial charge on any atom is 0.435 e. The van der Waals surface area contributed by atoms with Gasteiger partial charge in [-0.15, -0.1) is 5.10 Å². The maximum atomic E-state index is 13.8. The number of hydrogen-bond donors (Lipinski definition) is 2. The van der Waals surface area contributed by atoms with E-state index in [9.17, 15) is 27.2 Å². The van der Waals surface area contributed by atoms with Crippen LogP contribution in [0.3, 0.4) is 0 Å². The zero-order valence-electron chi connectivity index (χ0n) is 18.0. The monoisotopic (exact) mass is 479 g/mol. The van der Waals surface area contributed by atoms with Crippen molar-refractivity contribution in [2.75, 3.05) is 25.1 Å². The van der Waals surface area contributed by atoms with Gasteiger partial charge in [-0.3, -0.25) is 9.59 Å². The second kappa shape index (κ2) is 10.9. The van der Waals surface area contributed by atoms with E-state index in [4.69, 9.17) is 4.74 Å². The summed E-state index contributed by atoms with van der Waals surface area (Å²) in [6.07, 6.45) is -4.37. The molecule has 0 radical (unpaired) electrons. The molecule has 2 N–H and O–H groups in total. The summed E-state index contributed by atoms with van der Waals surface area (Å²) in [6, 6.07) is 9.81. The summed E-state index contributed by atoms with van der Waals surface area (Å²) in [4.78, 5) is 24.9. The summed E-state index contributed by atoms with van der Waals surface area (Å²) in [5, 5.41) is 11.8. The van der Waals surface area contributed by atoms with Crippen molar-refractivity contribution in [1.82, 2.24) is 20.3 Å². The molecule has 3 rings (SSSR count). The number of rotatable bonds is 9. The van der Waals surface area contributed by atoms with Crippen LogP contribution < -0.4 is 10.6 Å². The normalized spacial score (nSPS) is 11.3. The predicted molar refractivity (Wildman–Crippen MR) is 114 cm³/mol. The Labute approximate surface area is 191 Å². The third-order valence-corrected chi connectivity index (χ3v) is 4.56. The number of ether oxygens (including phenoxy) is 1. The summed E-state index contributed by atoms with van der Waals surface area (Å²) in [6.45, 7) is 3.30. The lowest BCUT2D eigenvalue weighted by atomic mass is 10.1. The quantitative estimate of drug-likeness (QED) is 0.359. The van der Waals surface area contributed by atoms with E-state index in [0.29, 0.717) is 30.9 Å². The van der Waals surface area contributed by atoms with Gasteiger partial charge in [0.05, 0.1) is 5.69 Å². The predicted octanol–water partition coefficient (Wildman–Crippen LogP) is 3.83. The van der Waals surface area contributed by atoms with Gasteiger partial charge < -0.3 is 15.4 Å². The summed E-state index contributed by atoms with van der Waals surface area (Å²) in [5.74, 6) is -2.23. The lowest BCUT2D eigenvalue weighted by molar-refractivity contribution is -0.143. The molecule has 0 saturated heterocycles. The smallest absolute Gasteiger partial charge is 0.382 e. The van der Waals surface area contributed by atoms with Crippen molar-refractivity contribution in [3.63, 3.8) is 0 Å². The Morgan fingerprint density at radius 2 is 1.82 bits per heavy atom. The molecular weight excluding hydrogens is 458 g/mol. The van der Waals surface area contributed by atoms with Crippen molar-refractivity contribution in [3.8, 4) is 5.69 Å². The minimum absolute atomic E-state index is 0.0939. The fourth-order valence-corrected chi connectivity index (χ4v) is 3.00. The topological polar surface area (TPSA) is 98.1 Å². The Hall–Kier alpha value is -3.80. The lowest BCUT2D eigenvalue weighted by Crippen LogP contribution is -2.25. The van der Waals surface area contributed by atoms with Crippen LogP contribution in [0.2, 0.25) is 0 Å². The third kappa shape index (κ3) is 6.16. The number of hydrogen-bond acceptors (Lipinski definition) is 5. The molecule has 0 bridgehead atoms. The molecule has 34 heavy (non-hydrogen) atoms. The third-order valence-electron chi connectivity index (χ3n) is 4.56. The standard InChI is InChI=1S/C22H21F4N5O3/c1-2-34-12-4-11-27-20(32)14-5-3-6-16(13-14)28-21(33)18-19(22(24,25)26)31(30-29-18)17-9-7-15(23)8-10-17/h3,5-10,13H,2,4,11-12H2,1H3,(H,27,32)(H,28,33). The maximum absolute atomic E-state index is 13.8. The number of benzene rings is 2.